The number of nitriles is 1. The minimum Gasteiger partial charge on any atom is -0.284 e. The Morgan fingerprint density at radius 1 is 1.47 bits per heavy atom. The van der Waals surface area contributed by atoms with Crippen LogP contribution in [0.5, 0.6) is 0 Å². The molecule has 1 saturated heterocycles. The lowest BCUT2D eigenvalue weighted by molar-refractivity contribution is 0.286. The molecule has 0 aromatic heterocycles. The van der Waals surface area contributed by atoms with E-state index < -0.39 is 0 Å². The summed E-state index contributed by atoms with van der Waals surface area (Å²) in [6.45, 7) is 1.92. The van der Waals surface area contributed by atoms with Crippen LogP contribution in [0.4, 0.5) is 0 Å². The van der Waals surface area contributed by atoms with Crippen LogP contribution >= 0.6 is 15.9 Å². The van der Waals surface area contributed by atoms with Gasteiger partial charge in [0.25, 0.3) is 0 Å². The fourth-order valence-corrected chi connectivity index (χ4v) is 2.42. The first-order chi connectivity index (χ1) is 7.31. The summed E-state index contributed by atoms with van der Waals surface area (Å²) >= 11 is 3.54. The molecule has 1 aliphatic heterocycles. The van der Waals surface area contributed by atoms with Gasteiger partial charge in [-0.1, -0.05) is 34.1 Å². The number of likely N-dealkylation sites (tertiary alicyclic amines) is 1. The average molecular weight is 265 g/mol. The second-order valence-corrected chi connectivity index (χ2v) is 4.70. The van der Waals surface area contributed by atoms with Gasteiger partial charge in [0.15, 0.2) is 0 Å². The third-order valence-corrected chi connectivity index (χ3v) is 3.62. The molecule has 1 aromatic rings. The molecule has 3 heteroatoms. The van der Waals surface area contributed by atoms with E-state index in [1.807, 2.05) is 18.2 Å². The Hall–Kier alpha value is -0.850. The van der Waals surface area contributed by atoms with Crippen LogP contribution in [0.1, 0.15) is 18.4 Å². The van der Waals surface area contributed by atoms with Gasteiger partial charge >= 0.3 is 0 Å². The Morgan fingerprint density at radius 3 is 3.00 bits per heavy atom. The molecule has 15 heavy (non-hydrogen) atoms. The monoisotopic (exact) mass is 264 g/mol. The number of nitrogens with zero attached hydrogens (tertiary/aromatic N) is 2. The maximum Gasteiger partial charge on any atom is 0.0981 e. The van der Waals surface area contributed by atoms with E-state index in [1.165, 1.54) is 5.56 Å². The van der Waals surface area contributed by atoms with Gasteiger partial charge in [-0.05, 0) is 31.0 Å². The van der Waals surface area contributed by atoms with Crippen molar-refractivity contribution in [1.82, 2.24) is 4.90 Å². The van der Waals surface area contributed by atoms with Gasteiger partial charge in [0.1, 0.15) is 0 Å². The molecule has 0 bridgehead atoms. The van der Waals surface area contributed by atoms with Crippen molar-refractivity contribution in [2.75, 3.05) is 6.54 Å². The van der Waals surface area contributed by atoms with Crippen molar-refractivity contribution in [3.8, 4) is 6.07 Å². The molecule has 1 atom stereocenters. The zero-order valence-corrected chi connectivity index (χ0v) is 10.1. The van der Waals surface area contributed by atoms with Crippen molar-refractivity contribution in [2.24, 2.45) is 0 Å². The molecule has 0 aliphatic carbocycles. The molecule has 78 valence electrons. The summed E-state index contributed by atoms with van der Waals surface area (Å²) < 4.78 is 1.13. The van der Waals surface area contributed by atoms with Crippen LogP contribution in [0.25, 0.3) is 0 Å². The van der Waals surface area contributed by atoms with Crippen LogP contribution in [-0.2, 0) is 6.54 Å². The topological polar surface area (TPSA) is 27.0 Å². The van der Waals surface area contributed by atoms with E-state index in [0.717, 1.165) is 30.4 Å². The summed E-state index contributed by atoms with van der Waals surface area (Å²) in [5.74, 6) is 0. The second kappa shape index (κ2) is 4.78. The molecule has 1 heterocycles. The highest BCUT2D eigenvalue weighted by atomic mass is 79.9. The summed E-state index contributed by atoms with van der Waals surface area (Å²) in [7, 11) is 0. The molecule has 1 fully saturated rings. The van der Waals surface area contributed by atoms with Gasteiger partial charge in [0.05, 0.1) is 12.1 Å². The fourth-order valence-electron chi connectivity index (χ4n) is 2.01. The largest absolute Gasteiger partial charge is 0.284 e. The van der Waals surface area contributed by atoms with Gasteiger partial charge in [-0.25, -0.2) is 0 Å². The molecule has 0 radical (unpaired) electrons. The highest BCUT2D eigenvalue weighted by molar-refractivity contribution is 9.10. The molecular formula is C12H13BrN2. The zero-order chi connectivity index (χ0) is 10.7. The van der Waals surface area contributed by atoms with Crippen LogP contribution in [0, 0.1) is 11.3 Å². The third-order valence-electron chi connectivity index (χ3n) is 2.84. The van der Waals surface area contributed by atoms with E-state index >= 15 is 0 Å². The summed E-state index contributed by atoms with van der Waals surface area (Å²) in [5, 5.41) is 8.98. The third kappa shape index (κ3) is 2.39. The molecule has 2 nitrogen and oxygen atoms in total. The van der Waals surface area contributed by atoms with Gasteiger partial charge in [0.2, 0.25) is 0 Å². The maximum atomic E-state index is 8.98. The molecule has 2 rings (SSSR count). The van der Waals surface area contributed by atoms with Crippen LogP contribution in [0.15, 0.2) is 28.7 Å². The van der Waals surface area contributed by atoms with E-state index in [9.17, 15) is 0 Å². The van der Waals surface area contributed by atoms with Crippen LogP contribution < -0.4 is 0 Å². The first-order valence-electron chi connectivity index (χ1n) is 5.18. The van der Waals surface area contributed by atoms with Gasteiger partial charge in [-0.15, -0.1) is 0 Å². The van der Waals surface area contributed by atoms with Crippen LogP contribution in [-0.4, -0.2) is 17.5 Å². The van der Waals surface area contributed by atoms with E-state index in [-0.39, 0.29) is 6.04 Å². The Balaban J connectivity index is 2.09. The van der Waals surface area contributed by atoms with Crippen molar-refractivity contribution in [3.63, 3.8) is 0 Å². The molecule has 0 saturated carbocycles. The van der Waals surface area contributed by atoms with Gasteiger partial charge < -0.3 is 0 Å². The van der Waals surface area contributed by atoms with Crippen molar-refractivity contribution in [1.29, 1.82) is 5.26 Å². The van der Waals surface area contributed by atoms with Crippen LogP contribution in [0.2, 0.25) is 0 Å². The first-order valence-corrected chi connectivity index (χ1v) is 5.97. The maximum absolute atomic E-state index is 8.98. The van der Waals surface area contributed by atoms with Gasteiger partial charge in [-0.2, -0.15) is 5.26 Å². The molecular weight excluding hydrogens is 252 g/mol. The van der Waals surface area contributed by atoms with Crippen molar-refractivity contribution < 1.29 is 0 Å². The fraction of sp³-hybridized carbons (Fsp3) is 0.417. The molecule has 1 aliphatic rings. The molecule has 1 aromatic carbocycles. The second-order valence-electron chi connectivity index (χ2n) is 3.85. The standard InChI is InChI=1S/C12H13BrN2/c13-12-6-2-1-4-10(12)9-15-7-3-5-11(15)8-14/h1-2,4,6,11H,3,5,7,9H2. The highest BCUT2D eigenvalue weighted by Crippen LogP contribution is 2.23. The van der Waals surface area contributed by atoms with Crippen molar-refractivity contribution in [3.05, 3.63) is 34.3 Å². The predicted molar refractivity (Wildman–Crippen MR) is 63.2 cm³/mol. The Bertz CT molecular complexity index is 383. The molecule has 1 unspecified atom stereocenters. The number of halogens is 1. The SMILES string of the molecule is N#CC1CCCN1Cc1ccccc1Br. The molecule has 0 N–H and O–H groups in total. The lowest BCUT2D eigenvalue weighted by Gasteiger charge is -2.19. The normalized spacial score (nSPS) is 21.5. The summed E-state index contributed by atoms with van der Waals surface area (Å²) in [6.07, 6.45) is 2.16. The smallest absolute Gasteiger partial charge is 0.0981 e. The number of hydrogen-bond donors (Lipinski definition) is 0. The Kier molecular flexibility index (Phi) is 3.40. The lowest BCUT2D eigenvalue weighted by Crippen LogP contribution is -2.27. The van der Waals surface area contributed by atoms with E-state index in [4.69, 9.17) is 5.26 Å². The molecule has 0 amide bonds. The molecule has 0 spiro atoms. The summed E-state index contributed by atoms with van der Waals surface area (Å²) in [4.78, 5) is 2.25. The van der Waals surface area contributed by atoms with Gasteiger partial charge in [0, 0.05) is 11.0 Å². The van der Waals surface area contributed by atoms with E-state index in [0.29, 0.717) is 0 Å². The number of rotatable bonds is 2. The summed E-state index contributed by atoms with van der Waals surface area (Å²) in [5.41, 5.74) is 1.26. The lowest BCUT2D eigenvalue weighted by atomic mass is 10.2. The first kappa shape index (κ1) is 10.7. The zero-order valence-electron chi connectivity index (χ0n) is 8.49. The Labute approximate surface area is 98.6 Å². The number of hydrogen-bond acceptors (Lipinski definition) is 2. The predicted octanol–water partition coefficient (Wildman–Crippen LogP) is 2.94. The van der Waals surface area contributed by atoms with E-state index in [2.05, 4.69) is 33.0 Å². The van der Waals surface area contributed by atoms with E-state index in [1.54, 1.807) is 0 Å². The number of benzene rings is 1. The highest BCUT2D eigenvalue weighted by Gasteiger charge is 2.24. The van der Waals surface area contributed by atoms with Gasteiger partial charge in [-0.3, -0.25) is 4.90 Å². The Morgan fingerprint density at radius 2 is 2.27 bits per heavy atom. The minimum atomic E-state index is 0.108. The van der Waals surface area contributed by atoms with Crippen LogP contribution in [0.3, 0.4) is 0 Å². The summed E-state index contributed by atoms with van der Waals surface area (Å²) in [6, 6.07) is 10.7. The van der Waals surface area contributed by atoms with Crippen molar-refractivity contribution >= 4 is 15.9 Å². The average Bonchev–Trinajstić information content (AvgIpc) is 2.69. The quantitative estimate of drug-likeness (QED) is 0.822. The minimum absolute atomic E-state index is 0.108. The van der Waals surface area contributed by atoms with Crippen molar-refractivity contribution in [2.45, 2.75) is 25.4 Å².